The summed E-state index contributed by atoms with van der Waals surface area (Å²) in [7, 11) is 3.90. The van der Waals surface area contributed by atoms with Crippen LogP contribution in [0.1, 0.15) is 5.69 Å². The minimum atomic E-state index is -0.185. The molecular formula is C24H24N6O. The first-order valence-corrected chi connectivity index (χ1v) is 9.97. The number of pyridine rings is 3. The molecule has 0 aromatic carbocycles. The highest BCUT2D eigenvalue weighted by Gasteiger charge is 2.10. The molecule has 156 valence electrons. The van der Waals surface area contributed by atoms with Gasteiger partial charge in [0.25, 0.3) is 0 Å². The van der Waals surface area contributed by atoms with Gasteiger partial charge in [0.05, 0.1) is 11.9 Å². The van der Waals surface area contributed by atoms with Crippen molar-refractivity contribution in [2.45, 2.75) is 6.92 Å². The fourth-order valence-corrected chi connectivity index (χ4v) is 3.33. The Labute approximate surface area is 180 Å². The maximum atomic E-state index is 12.1. The predicted octanol–water partition coefficient (Wildman–Crippen LogP) is 4.05. The number of carbonyl (C=O) groups is 1. The first kappa shape index (κ1) is 20.4. The van der Waals surface area contributed by atoms with Gasteiger partial charge in [0, 0.05) is 65.2 Å². The van der Waals surface area contributed by atoms with Gasteiger partial charge in [0.1, 0.15) is 5.65 Å². The third-order valence-corrected chi connectivity index (χ3v) is 4.82. The number of fused-ring (bicyclic) bond motifs is 1. The summed E-state index contributed by atoms with van der Waals surface area (Å²) in [6, 6.07) is 8.03. The number of amides is 1. The summed E-state index contributed by atoms with van der Waals surface area (Å²) >= 11 is 0. The van der Waals surface area contributed by atoms with E-state index in [1.54, 1.807) is 18.6 Å². The maximum absolute atomic E-state index is 12.1. The largest absolute Gasteiger partial charge is 0.346 e. The molecule has 0 bridgehead atoms. The number of nitrogens with one attached hydrogen (secondary N) is 2. The summed E-state index contributed by atoms with van der Waals surface area (Å²) in [6.45, 7) is 2.68. The van der Waals surface area contributed by atoms with Crippen LogP contribution in [0, 0.1) is 6.92 Å². The molecule has 0 aliphatic heterocycles. The number of aromatic amines is 1. The molecule has 0 saturated carbocycles. The van der Waals surface area contributed by atoms with Gasteiger partial charge in [-0.05, 0) is 50.8 Å². The fourth-order valence-electron chi connectivity index (χ4n) is 3.33. The zero-order chi connectivity index (χ0) is 21.8. The van der Waals surface area contributed by atoms with Crippen LogP contribution in [0.15, 0.2) is 67.4 Å². The van der Waals surface area contributed by atoms with Gasteiger partial charge in [-0.2, -0.15) is 0 Å². The summed E-state index contributed by atoms with van der Waals surface area (Å²) in [4.78, 5) is 30.5. The molecule has 0 aliphatic carbocycles. The van der Waals surface area contributed by atoms with E-state index >= 15 is 0 Å². The molecule has 0 fully saturated rings. The third-order valence-electron chi connectivity index (χ3n) is 4.82. The molecule has 7 heteroatoms. The number of nitrogens with zero attached hydrogens (tertiary/aromatic N) is 4. The highest BCUT2D eigenvalue weighted by atomic mass is 16.1. The van der Waals surface area contributed by atoms with Crippen molar-refractivity contribution in [2.24, 2.45) is 0 Å². The molecule has 0 radical (unpaired) electrons. The van der Waals surface area contributed by atoms with E-state index < -0.39 is 0 Å². The zero-order valence-electron chi connectivity index (χ0n) is 17.8. The average Bonchev–Trinajstić information content (AvgIpc) is 3.17. The highest BCUT2D eigenvalue weighted by Crippen LogP contribution is 2.31. The third kappa shape index (κ3) is 4.84. The number of carbonyl (C=O) groups excluding carboxylic acids is 1. The Hall–Kier alpha value is -3.84. The molecule has 4 aromatic heterocycles. The summed E-state index contributed by atoms with van der Waals surface area (Å²) in [5.41, 5.74) is 6.36. The molecule has 31 heavy (non-hydrogen) atoms. The van der Waals surface area contributed by atoms with Crippen molar-refractivity contribution in [1.29, 1.82) is 0 Å². The normalized spacial score (nSPS) is 11.5. The Balaban J connectivity index is 1.62. The second kappa shape index (κ2) is 8.89. The molecular weight excluding hydrogens is 388 g/mol. The number of anilines is 1. The zero-order valence-corrected chi connectivity index (χ0v) is 17.8. The van der Waals surface area contributed by atoms with Crippen LogP contribution in [0.4, 0.5) is 5.69 Å². The minimum absolute atomic E-state index is 0.185. The van der Waals surface area contributed by atoms with E-state index in [9.17, 15) is 4.79 Å². The smallest absolute Gasteiger partial charge is 0.248 e. The molecule has 2 N–H and O–H groups in total. The fraction of sp³-hybridized carbons (Fsp3) is 0.167. The van der Waals surface area contributed by atoms with E-state index in [4.69, 9.17) is 0 Å². The Morgan fingerprint density at radius 3 is 2.74 bits per heavy atom. The van der Waals surface area contributed by atoms with Gasteiger partial charge in [-0.3, -0.25) is 14.8 Å². The monoisotopic (exact) mass is 412 g/mol. The maximum Gasteiger partial charge on any atom is 0.248 e. The van der Waals surface area contributed by atoms with Crippen LogP contribution in [0.5, 0.6) is 0 Å². The molecule has 4 aromatic rings. The second-order valence-electron chi connectivity index (χ2n) is 7.62. The van der Waals surface area contributed by atoms with Crippen molar-refractivity contribution in [2.75, 3.05) is 26.0 Å². The molecule has 0 aliphatic rings. The van der Waals surface area contributed by atoms with E-state index in [2.05, 4.69) is 37.4 Å². The first-order valence-electron chi connectivity index (χ1n) is 9.97. The van der Waals surface area contributed by atoms with Crippen LogP contribution in [0.3, 0.4) is 0 Å². The van der Waals surface area contributed by atoms with Crippen LogP contribution in [-0.2, 0) is 4.79 Å². The second-order valence-corrected chi connectivity index (χ2v) is 7.62. The van der Waals surface area contributed by atoms with Crippen LogP contribution in [0.2, 0.25) is 0 Å². The van der Waals surface area contributed by atoms with Gasteiger partial charge in [-0.15, -0.1) is 0 Å². The van der Waals surface area contributed by atoms with Crippen LogP contribution < -0.4 is 5.32 Å². The van der Waals surface area contributed by atoms with E-state index in [0.717, 1.165) is 39.0 Å². The lowest BCUT2D eigenvalue weighted by Crippen LogP contribution is -2.13. The average molecular weight is 412 g/mol. The van der Waals surface area contributed by atoms with Gasteiger partial charge in [0.15, 0.2) is 0 Å². The van der Waals surface area contributed by atoms with E-state index in [-0.39, 0.29) is 5.91 Å². The van der Waals surface area contributed by atoms with Crippen molar-refractivity contribution in [3.63, 3.8) is 0 Å². The van der Waals surface area contributed by atoms with E-state index in [1.807, 2.05) is 56.5 Å². The SMILES string of the molecule is Cc1cc(-c2c[nH]c3ncc(-c4cncc(NC(=O)/C=C/CN(C)C)c4)cc23)ccn1. The number of aryl methyl sites for hydroxylation is 1. The number of likely N-dealkylation sites (N-methyl/N-ethyl adjacent to an activating group) is 1. The summed E-state index contributed by atoms with van der Waals surface area (Å²) in [5.74, 6) is -0.185. The lowest BCUT2D eigenvalue weighted by molar-refractivity contribution is -0.111. The minimum Gasteiger partial charge on any atom is -0.346 e. The predicted molar refractivity (Wildman–Crippen MR) is 124 cm³/mol. The Morgan fingerprint density at radius 1 is 1.10 bits per heavy atom. The molecule has 4 heterocycles. The van der Waals surface area contributed by atoms with Crippen molar-refractivity contribution in [1.82, 2.24) is 24.8 Å². The Bertz CT molecular complexity index is 1260. The van der Waals surface area contributed by atoms with Crippen molar-refractivity contribution < 1.29 is 4.79 Å². The van der Waals surface area contributed by atoms with Crippen molar-refractivity contribution in [3.8, 4) is 22.3 Å². The quantitative estimate of drug-likeness (QED) is 0.467. The van der Waals surface area contributed by atoms with Crippen molar-refractivity contribution >= 4 is 22.6 Å². The number of H-pyrrole nitrogens is 1. The van der Waals surface area contributed by atoms with Gasteiger partial charge in [0.2, 0.25) is 5.91 Å². The standard InChI is InChI=1S/C24H24N6O/c1-16-9-17(6-7-26-16)22-15-28-24-21(22)11-19(13-27-24)18-10-20(14-25-12-18)29-23(31)5-4-8-30(2)3/h4-7,9-15H,8H2,1-3H3,(H,27,28)(H,29,31)/b5-4+. The highest BCUT2D eigenvalue weighted by molar-refractivity contribution is 6.00. The summed E-state index contributed by atoms with van der Waals surface area (Å²) in [6.07, 6.45) is 12.3. The van der Waals surface area contributed by atoms with Crippen molar-refractivity contribution in [3.05, 3.63) is 73.1 Å². The van der Waals surface area contributed by atoms with Gasteiger partial charge in [-0.25, -0.2) is 4.98 Å². The lowest BCUT2D eigenvalue weighted by atomic mass is 10.0. The van der Waals surface area contributed by atoms with Gasteiger partial charge >= 0.3 is 0 Å². The number of aromatic nitrogens is 4. The Kier molecular flexibility index (Phi) is 5.86. The number of hydrogen-bond acceptors (Lipinski definition) is 5. The van der Waals surface area contributed by atoms with Crippen LogP contribution in [-0.4, -0.2) is 51.4 Å². The summed E-state index contributed by atoms with van der Waals surface area (Å²) in [5, 5.41) is 3.88. The molecule has 0 saturated heterocycles. The molecule has 7 nitrogen and oxygen atoms in total. The van der Waals surface area contributed by atoms with Gasteiger partial charge < -0.3 is 15.2 Å². The molecule has 4 rings (SSSR count). The molecule has 0 unspecified atom stereocenters. The molecule has 0 atom stereocenters. The first-order chi connectivity index (χ1) is 15.0. The summed E-state index contributed by atoms with van der Waals surface area (Å²) < 4.78 is 0. The number of rotatable bonds is 6. The van der Waals surface area contributed by atoms with E-state index in [1.165, 1.54) is 6.08 Å². The van der Waals surface area contributed by atoms with Gasteiger partial charge in [-0.1, -0.05) is 6.08 Å². The van der Waals surface area contributed by atoms with Crippen LogP contribution >= 0.6 is 0 Å². The Morgan fingerprint density at radius 2 is 1.94 bits per heavy atom. The topological polar surface area (TPSA) is 86.8 Å². The van der Waals surface area contributed by atoms with Crippen LogP contribution in [0.25, 0.3) is 33.3 Å². The molecule has 1 amide bonds. The molecule has 0 spiro atoms. The van der Waals surface area contributed by atoms with E-state index in [0.29, 0.717) is 12.2 Å². The lowest BCUT2D eigenvalue weighted by Gasteiger charge is -2.07. The number of hydrogen-bond donors (Lipinski definition) is 2.